The van der Waals surface area contributed by atoms with Gasteiger partial charge in [0.25, 0.3) is 0 Å². The third kappa shape index (κ3) is 7.30. The Morgan fingerprint density at radius 2 is 1.35 bits per heavy atom. The van der Waals surface area contributed by atoms with Crippen LogP contribution in [0.2, 0.25) is 0 Å². The van der Waals surface area contributed by atoms with Gasteiger partial charge in [0.05, 0.1) is 0 Å². The van der Waals surface area contributed by atoms with Gasteiger partial charge in [-0.15, -0.1) is 0 Å². The summed E-state index contributed by atoms with van der Waals surface area (Å²) in [6.07, 6.45) is -0.233. The Balaban J connectivity index is 1.59. The number of nitrogens with one attached hydrogen (secondary N) is 2. The molecule has 0 spiro atoms. The van der Waals surface area contributed by atoms with E-state index in [-0.39, 0.29) is 18.4 Å². The molecule has 0 fully saturated rings. The first-order valence-electron chi connectivity index (χ1n) is 10.5. The van der Waals surface area contributed by atoms with Crippen molar-refractivity contribution in [2.24, 2.45) is 0 Å². The Morgan fingerprint density at radius 1 is 0.806 bits per heavy atom. The van der Waals surface area contributed by atoms with Crippen molar-refractivity contribution >= 4 is 12.0 Å². The van der Waals surface area contributed by atoms with Gasteiger partial charge >= 0.3 is 6.09 Å². The fourth-order valence-electron chi connectivity index (χ4n) is 3.24. The van der Waals surface area contributed by atoms with Crippen LogP contribution in [0.25, 0.3) is 0 Å². The van der Waals surface area contributed by atoms with Crippen molar-refractivity contribution in [3.05, 3.63) is 108 Å². The Bertz CT molecular complexity index is 946. The molecule has 31 heavy (non-hydrogen) atoms. The Kier molecular flexibility index (Phi) is 8.23. The molecule has 0 aliphatic heterocycles. The van der Waals surface area contributed by atoms with Crippen LogP contribution < -0.4 is 10.6 Å². The van der Waals surface area contributed by atoms with E-state index in [2.05, 4.69) is 17.6 Å². The van der Waals surface area contributed by atoms with E-state index >= 15 is 0 Å². The van der Waals surface area contributed by atoms with Gasteiger partial charge in [0.15, 0.2) is 0 Å². The number of carbonyl (C=O) groups excluding carboxylic acids is 2. The lowest BCUT2D eigenvalue weighted by Gasteiger charge is -2.20. The number of amides is 2. The summed E-state index contributed by atoms with van der Waals surface area (Å²) in [6.45, 7) is 2.69. The van der Waals surface area contributed by atoms with Crippen LogP contribution >= 0.6 is 0 Å². The molecule has 5 nitrogen and oxygen atoms in total. The SMILES string of the molecule is C[C@@H](CNC(=O)[C@H](Cc1ccccc1)NC(=O)OCc1ccccc1)c1ccccc1. The van der Waals surface area contributed by atoms with Gasteiger partial charge in [0.1, 0.15) is 12.6 Å². The van der Waals surface area contributed by atoms with Crippen molar-refractivity contribution in [2.45, 2.75) is 31.9 Å². The van der Waals surface area contributed by atoms with Crippen LogP contribution in [0.15, 0.2) is 91.0 Å². The number of rotatable bonds is 9. The van der Waals surface area contributed by atoms with Crippen LogP contribution in [0, 0.1) is 0 Å². The van der Waals surface area contributed by atoms with E-state index in [0.717, 1.165) is 16.7 Å². The third-order valence-electron chi connectivity index (χ3n) is 5.06. The Morgan fingerprint density at radius 3 is 1.97 bits per heavy atom. The highest BCUT2D eigenvalue weighted by Crippen LogP contribution is 2.13. The highest BCUT2D eigenvalue weighted by atomic mass is 16.5. The predicted octanol–water partition coefficient (Wildman–Crippen LogP) is 4.44. The summed E-state index contributed by atoms with van der Waals surface area (Å²) in [5, 5.41) is 5.70. The summed E-state index contributed by atoms with van der Waals surface area (Å²) < 4.78 is 5.31. The molecule has 2 N–H and O–H groups in total. The smallest absolute Gasteiger partial charge is 0.408 e. The predicted molar refractivity (Wildman–Crippen MR) is 122 cm³/mol. The maximum atomic E-state index is 12.9. The second-order valence-electron chi connectivity index (χ2n) is 7.51. The lowest BCUT2D eigenvalue weighted by Crippen LogP contribution is -2.48. The quantitative estimate of drug-likeness (QED) is 0.542. The summed E-state index contributed by atoms with van der Waals surface area (Å²) in [4.78, 5) is 25.3. The highest BCUT2D eigenvalue weighted by Gasteiger charge is 2.22. The average molecular weight is 417 g/mol. The molecule has 0 bridgehead atoms. The van der Waals surface area contributed by atoms with Gasteiger partial charge in [-0.2, -0.15) is 0 Å². The van der Waals surface area contributed by atoms with Gasteiger partial charge in [-0.05, 0) is 22.6 Å². The van der Waals surface area contributed by atoms with Gasteiger partial charge in [0, 0.05) is 13.0 Å². The van der Waals surface area contributed by atoms with Crippen molar-refractivity contribution in [1.29, 1.82) is 0 Å². The number of ether oxygens (including phenoxy) is 1. The van der Waals surface area contributed by atoms with E-state index in [1.54, 1.807) is 0 Å². The first kappa shape index (κ1) is 22.1. The molecule has 0 saturated carbocycles. The number of hydrogen-bond acceptors (Lipinski definition) is 3. The van der Waals surface area contributed by atoms with Crippen molar-refractivity contribution in [2.75, 3.05) is 6.54 Å². The minimum absolute atomic E-state index is 0.150. The second-order valence-corrected chi connectivity index (χ2v) is 7.51. The summed E-state index contributed by atoms with van der Waals surface area (Å²) >= 11 is 0. The van der Waals surface area contributed by atoms with Crippen molar-refractivity contribution < 1.29 is 14.3 Å². The molecule has 160 valence electrons. The summed E-state index contributed by atoms with van der Waals surface area (Å²) in [7, 11) is 0. The van der Waals surface area contributed by atoms with Gasteiger partial charge in [0.2, 0.25) is 5.91 Å². The molecule has 2 atom stereocenters. The first-order valence-corrected chi connectivity index (χ1v) is 10.5. The molecule has 0 radical (unpaired) electrons. The van der Waals surface area contributed by atoms with Gasteiger partial charge < -0.3 is 15.4 Å². The number of carbonyl (C=O) groups is 2. The monoisotopic (exact) mass is 416 g/mol. The van der Waals surface area contributed by atoms with E-state index in [4.69, 9.17) is 4.74 Å². The van der Waals surface area contributed by atoms with Crippen LogP contribution in [0.5, 0.6) is 0 Å². The lowest BCUT2D eigenvalue weighted by molar-refractivity contribution is -0.123. The molecule has 3 rings (SSSR count). The maximum absolute atomic E-state index is 12.9. The molecule has 0 aliphatic carbocycles. The zero-order valence-corrected chi connectivity index (χ0v) is 17.7. The molecule has 0 aliphatic rings. The molecule has 2 amide bonds. The van der Waals surface area contributed by atoms with Crippen molar-refractivity contribution in [1.82, 2.24) is 10.6 Å². The van der Waals surface area contributed by atoms with Gasteiger partial charge in [-0.1, -0.05) is 97.9 Å². The second kappa shape index (κ2) is 11.6. The zero-order chi connectivity index (χ0) is 21.9. The van der Waals surface area contributed by atoms with Crippen LogP contribution in [0.3, 0.4) is 0 Å². The van der Waals surface area contributed by atoms with Crippen molar-refractivity contribution in [3.63, 3.8) is 0 Å². The third-order valence-corrected chi connectivity index (χ3v) is 5.06. The molecule has 0 saturated heterocycles. The van der Waals surface area contributed by atoms with Crippen LogP contribution in [0.1, 0.15) is 29.5 Å². The normalized spacial score (nSPS) is 12.4. The number of alkyl carbamates (subject to hydrolysis) is 1. The van der Waals surface area contributed by atoms with E-state index in [1.807, 2.05) is 91.0 Å². The number of benzene rings is 3. The molecule has 0 aromatic heterocycles. The highest BCUT2D eigenvalue weighted by molar-refractivity contribution is 5.86. The Hall–Kier alpha value is -3.60. The zero-order valence-electron chi connectivity index (χ0n) is 17.7. The molecule has 5 heteroatoms. The van der Waals surface area contributed by atoms with E-state index in [1.165, 1.54) is 0 Å². The molecular weight excluding hydrogens is 388 g/mol. The fraction of sp³-hybridized carbons (Fsp3) is 0.231. The first-order chi connectivity index (χ1) is 15.1. The molecule has 0 unspecified atom stereocenters. The number of hydrogen-bond donors (Lipinski definition) is 2. The fourth-order valence-corrected chi connectivity index (χ4v) is 3.24. The summed E-state index contributed by atoms with van der Waals surface area (Å²) in [6, 6.07) is 28.3. The molecule has 0 heterocycles. The van der Waals surface area contributed by atoms with Crippen LogP contribution in [-0.2, 0) is 22.6 Å². The van der Waals surface area contributed by atoms with Gasteiger partial charge in [-0.25, -0.2) is 4.79 Å². The minimum atomic E-state index is -0.728. The average Bonchev–Trinajstić information content (AvgIpc) is 2.82. The van der Waals surface area contributed by atoms with Gasteiger partial charge in [-0.3, -0.25) is 4.79 Å². The lowest BCUT2D eigenvalue weighted by atomic mass is 10.0. The molecule has 3 aromatic rings. The van der Waals surface area contributed by atoms with Crippen LogP contribution in [-0.4, -0.2) is 24.6 Å². The maximum Gasteiger partial charge on any atom is 0.408 e. The van der Waals surface area contributed by atoms with E-state index in [9.17, 15) is 9.59 Å². The summed E-state index contributed by atoms with van der Waals surface area (Å²) in [5.74, 6) is -0.0733. The van der Waals surface area contributed by atoms with Crippen LogP contribution in [0.4, 0.5) is 4.79 Å². The largest absolute Gasteiger partial charge is 0.445 e. The summed E-state index contributed by atoms with van der Waals surface area (Å²) in [5.41, 5.74) is 3.00. The minimum Gasteiger partial charge on any atom is -0.445 e. The molecular formula is C26H28N2O3. The topological polar surface area (TPSA) is 67.4 Å². The van der Waals surface area contributed by atoms with E-state index in [0.29, 0.717) is 13.0 Å². The van der Waals surface area contributed by atoms with E-state index < -0.39 is 12.1 Å². The van der Waals surface area contributed by atoms with Crippen molar-refractivity contribution in [3.8, 4) is 0 Å². The Labute approximate surface area is 183 Å². The standard InChI is InChI=1S/C26H28N2O3/c1-20(23-15-9-4-10-16-23)18-27-25(29)24(17-21-11-5-2-6-12-21)28-26(30)31-19-22-13-7-3-8-14-22/h2-16,20,24H,17-19H2,1H3,(H,27,29)(H,28,30)/t20-,24-/m0/s1. The molecule has 3 aromatic carbocycles.